The SMILES string of the molecule is COc1cccc(Oc2nc(N3CCN(C)CC3)nc3ccccc23)c1. The molecule has 26 heavy (non-hydrogen) atoms. The summed E-state index contributed by atoms with van der Waals surface area (Å²) in [5.41, 5.74) is 0.884. The Morgan fingerprint density at radius 1 is 0.885 bits per heavy atom. The number of methoxy groups -OCH3 is 1. The number of para-hydroxylation sites is 1. The number of hydrogen-bond donors (Lipinski definition) is 0. The molecule has 6 nitrogen and oxygen atoms in total. The van der Waals surface area contributed by atoms with Crippen LogP contribution in [0.2, 0.25) is 0 Å². The van der Waals surface area contributed by atoms with Gasteiger partial charge in [0, 0.05) is 32.2 Å². The second-order valence-corrected chi connectivity index (χ2v) is 6.42. The fraction of sp³-hybridized carbons (Fsp3) is 0.300. The molecule has 0 unspecified atom stereocenters. The molecule has 1 saturated heterocycles. The van der Waals surface area contributed by atoms with Crippen molar-refractivity contribution in [1.29, 1.82) is 0 Å². The van der Waals surface area contributed by atoms with Gasteiger partial charge in [-0.2, -0.15) is 4.98 Å². The lowest BCUT2D eigenvalue weighted by molar-refractivity contribution is 0.311. The second kappa shape index (κ2) is 7.17. The number of nitrogens with zero attached hydrogens (tertiary/aromatic N) is 4. The van der Waals surface area contributed by atoms with E-state index in [4.69, 9.17) is 19.4 Å². The number of hydrogen-bond acceptors (Lipinski definition) is 6. The van der Waals surface area contributed by atoms with E-state index in [1.54, 1.807) is 7.11 Å². The summed E-state index contributed by atoms with van der Waals surface area (Å²) in [6, 6.07) is 15.5. The monoisotopic (exact) mass is 350 g/mol. The molecule has 1 aliphatic rings. The Hall–Kier alpha value is -2.86. The number of rotatable bonds is 4. The summed E-state index contributed by atoms with van der Waals surface area (Å²) < 4.78 is 11.4. The standard InChI is InChI=1S/C20H22N4O2/c1-23-10-12-24(13-11-23)20-21-18-9-4-3-8-17(18)19(22-20)26-16-7-5-6-15(14-16)25-2/h3-9,14H,10-13H2,1-2H3. The average Bonchev–Trinajstić information content (AvgIpc) is 2.68. The van der Waals surface area contributed by atoms with Gasteiger partial charge in [-0.05, 0) is 31.3 Å². The molecule has 6 heteroatoms. The molecule has 0 N–H and O–H groups in total. The van der Waals surface area contributed by atoms with E-state index >= 15 is 0 Å². The highest BCUT2D eigenvalue weighted by Gasteiger charge is 2.19. The first-order valence-electron chi connectivity index (χ1n) is 8.75. The maximum absolute atomic E-state index is 6.12. The zero-order chi connectivity index (χ0) is 17.9. The van der Waals surface area contributed by atoms with Gasteiger partial charge in [-0.3, -0.25) is 0 Å². The van der Waals surface area contributed by atoms with Gasteiger partial charge in [-0.15, -0.1) is 0 Å². The molecule has 2 heterocycles. The van der Waals surface area contributed by atoms with Crippen molar-refractivity contribution < 1.29 is 9.47 Å². The average molecular weight is 350 g/mol. The summed E-state index contributed by atoms with van der Waals surface area (Å²) in [5, 5.41) is 0.896. The Morgan fingerprint density at radius 3 is 2.46 bits per heavy atom. The summed E-state index contributed by atoms with van der Waals surface area (Å²) in [6.07, 6.45) is 0. The van der Waals surface area contributed by atoms with Crippen LogP contribution in [-0.4, -0.2) is 55.2 Å². The summed E-state index contributed by atoms with van der Waals surface area (Å²) in [6.45, 7) is 3.82. The topological polar surface area (TPSA) is 50.7 Å². The number of ether oxygens (including phenoxy) is 2. The molecule has 1 aromatic heterocycles. The van der Waals surface area contributed by atoms with Crippen LogP contribution in [0.5, 0.6) is 17.4 Å². The lowest BCUT2D eigenvalue weighted by atomic mass is 10.2. The maximum atomic E-state index is 6.12. The van der Waals surface area contributed by atoms with Gasteiger partial charge in [-0.1, -0.05) is 18.2 Å². The first-order valence-corrected chi connectivity index (χ1v) is 8.75. The predicted octanol–water partition coefficient (Wildman–Crippen LogP) is 3.18. The van der Waals surface area contributed by atoms with E-state index in [0.717, 1.165) is 48.8 Å². The zero-order valence-corrected chi connectivity index (χ0v) is 15.1. The molecule has 1 fully saturated rings. The second-order valence-electron chi connectivity index (χ2n) is 6.42. The molecule has 1 aliphatic heterocycles. The van der Waals surface area contributed by atoms with Crippen LogP contribution in [0.15, 0.2) is 48.5 Å². The molecule has 4 rings (SSSR count). The predicted molar refractivity (Wildman–Crippen MR) is 102 cm³/mol. The molecule has 0 radical (unpaired) electrons. The van der Waals surface area contributed by atoms with Crippen LogP contribution >= 0.6 is 0 Å². The van der Waals surface area contributed by atoms with Crippen LogP contribution < -0.4 is 14.4 Å². The fourth-order valence-electron chi connectivity index (χ4n) is 3.04. The van der Waals surface area contributed by atoms with E-state index < -0.39 is 0 Å². The van der Waals surface area contributed by atoms with Gasteiger partial charge < -0.3 is 19.3 Å². The minimum atomic E-state index is 0.567. The molecule has 0 aliphatic carbocycles. The third-order valence-corrected chi connectivity index (χ3v) is 4.60. The fourth-order valence-corrected chi connectivity index (χ4v) is 3.04. The zero-order valence-electron chi connectivity index (χ0n) is 15.1. The van der Waals surface area contributed by atoms with Gasteiger partial charge in [0.1, 0.15) is 11.5 Å². The normalized spacial score (nSPS) is 15.2. The van der Waals surface area contributed by atoms with Gasteiger partial charge in [-0.25, -0.2) is 4.98 Å². The summed E-state index contributed by atoms with van der Waals surface area (Å²) in [4.78, 5) is 14.0. The van der Waals surface area contributed by atoms with Crippen molar-refractivity contribution in [3.05, 3.63) is 48.5 Å². The third-order valence-electron chi connectivity index (χ3n) is 4.60. The van der Waals surface area contributed by atoms with Crippen LogP contribution in [0.1, 0.15) is 0 Å². The molecule has 0 spiro atoms. The van der Waals surface area contributed by atoms with Gasteiger partial charge in [0.15, 0.2) is 0 Å². The summed E-state index contributed by atoms with van der Waals surface area (Å²) in [7, 11) is 3.78. The van der Waals surface area contributed by atoms with Crippen LogP contribution in [-0.2, 0) is 0 Å². The number of benzene rings is 2. The lowest BCUT2D eigenvalue weighted by Crippen LogP contribution is -2.45. The van der Waals surface area contributed by atoms with Crippen molar-refractivity contribution in [3.8, 4) is 17.4 Å². The molecular weight excluding hydrogens is 328 g/mol. The van der Waals surface area contributed by atoms with E-state index in [-0.39, 0.29) is 0 Å². The molecule has 3 aromatic rings. The first-order chi connectivity index (χ1) is 12.7. The number of likely N-dealkylation sites (N-methyl/N-ethyl adjacent to an activating group) is 1. The molecule has 0 saturated carbocycles. The van der Waals surface area contributed by atoms with E-state index in [1.807, 2.05) is 48.5 Å². The lowest BCUT2D eigenvalue weighted by Gasteiger charge is -2.32. The van der Waals surface area contributed by atoms with Gasteiger partial charge in [0.25, 0.3) is 0 Å². The molecule has 0 atom stereocenters. The van der Waals surface area contributed by atoms with Crippen molar-refractivity contribution in [2.45, 2.75) is 0 Å². The van der Waals surface area contributed by atoms with E-state index in [2.05, 4.69) is 16.8 Å². The highest BCUT2D eigenvalue weighted by atomic mass is 16.5. The summed E-state index contributed by atoms with van der Waals surface area (Å²) >= 11 is 0. The van der Waals surface area contributed by atoms with Crippen LogP contribution in [0, 0.1) is 0 Å². The van der Waals surface area contributed by atoms with Crippen molar-refractivity contribution >= 4 is 16.9 Å². The summed E-state index contributed by atoms with van der Waals surface area (Å²) in [5.74, 6) is 2.73. The number of aromatic nitrogens is 2. The van der Waals surface area contributed by atoms with Crippen molar-refractivity contribution in [3.63, 3.8) is 0 Å². The minimum Gasteiger partial charge on any atom is -0.497 e. The Morgan fingerprint density at radius 2 is 1.65 bits per heavy atom. The Bertz CT molecular complexity index is 907. The van der Waals surface area contributed by atoms with Crippen molar-refractivity contribution in [2.24, 2.45) is 0 Å². The molecule has 2 aromatic carbocycles. The molecule has 134 valence electrons. The highest BCUT2D eigenvalue weighted by molar-refractivity contribution is 5.84. The molecule has 0 bridgehead atoms. The van der Waals surface area contributed by atoms with E-state index in [9.17, 15) is 0 Å². The first kappa shape index (κ1) is 16.6. The Labute approximate surface area is 153 Å². The van der Waals surface area contributed by atoms with Gasteiger partial charge in [0.2, 0.25) is 11.8 Å². The smallest absolute Gasteiger partial charge is 0.231 e. The molecular formula is C20H22N4O2. The quantitative estimate of drug-likeness (QED) is 0.720. The van der Waals surface area contributed by atoms with Crippen LogP contribution in [0.4, 0.5) is 5.95 Å². The van der Waals surface area contributed by atoms with E-state index in [1.165, 1.54) is 0 Å². The Kier molecular flexibility index (Phi) is 4.58. The Balaban J connectivity index is 1.72. The van der Waals surface area contributed by atoms with Crippen LogP contribution in [0.25, 0.3) is 10.9 Å². The van der Waals surface area contributed by atoms with Crippen molar-refractivity contribution in [1.82, 2.24) is 14.9 Å². The number of piperazine rings is 1. The van der Waals surface area contributed by atoms with Crippen molar-refractivity contribution in [2.75, 3.05) is 45.2 Å². The third kappa shape index (κ3) is 3.41. The van der Waals surface area contributed by atoms with Crippen LogP contribution in [0.3, 0.4) is 0 Å². The highest BCUT2D eigenvalue weighted by Crippen LogP contribution is 2.31. The minimum absolute atomic E-state index is 0.567. The van der Waals surface area contributed by atoms with Gasteiger partial charge in [0.05, 0.1) is 18.0 Å². The molecule has 0 amide bonds. The number of fused-ring (bicyclic) bond motifs is 1. The van der Waals surface area contributed by atoms with Gasteiger partial charge >= 0.3 is 0 Å². The van der Waals surface area contributed by atoms with E-state index in [0.29, 0.717) is 11.6 Å². The number of anilines is 1. The maximum Gasteiger partial charge on any atom is 0.231 e. The largest absolute Gasteiger partial charge is 0.497 e.